The Morgan fingerprint density at radius 2 is 1.76 bits per heavy atom. The van der Waals surface area contributed by atoms with Crippen molar-refractivity contribution in [1.82, 2.24) is 10.2 Å². The summed E-state index contributed by atoms with van der Waals surface area (Å²) in [6, 6.07) is 15.8. The van der Waals surface area contributed by atoms with E-state index in [0.29, 0.717) is 24.5 Å². The summed E-state index contributed by atoms with van der Waals surface area (Å²) in [7, 11) is 1.61. The van der Waals surface area contributed by atoms with E-state index in [2.05, 4.69) is 34.5 Å². The highest BCUT2D eigenvalue weighted by Crippen LogP contribution is 2.21. The summed E-state index contributed by atoms with van der Waals surface area (Å²) < 4.78 is 11.1. The van der Waals surface area contributed by atoms with E-state index in [0.717, 1.165) is 12.1 Å². The fourth-order valence-corrected chi connectivity index (χ4v) is 3.68. The molecule has 1 saturated heterocycles. The number of piperidine rings is 1. The van der Waals surface area contributed by atoms with Crippen molar-refractivity contribution in [3.8, 4) is 11.5 Å². The minimum atomic E-state index is -0.529. The van der Waals surface area contributed by atoms with Gasteiger partial charge in [-0.25, -0.2) is 0 Å². The number of rotatable bonds is 9. The number of hydrogen-bond acceptors (Lipinski definition) is 4. The van der Waals surface area contributed by atoms with Gasteiger partial charge in [-0.05, 0) is 55.6 Å². The van der Waals surface area contributed by atoms with Crippen LogP contribution in [0, 0.1) is 0 Å². The van der Waals surface area contributed by atoms with Crippen LogP contribution in [0.4, 0.5) is 0 Å². The average molecular weight is 397 g/mol. The number of benzene rings is 2. The van der Waals surface area contributed by atoms with Gasteiger partial charge in [0.1, 0.15) is 11.5 Å². The molecule has 156 valence electrons. The Morgan fingerprint density at radius 3 is 2.52 bits per heavy atom. The molecule has 1 atom stereocenters. The molecule has 0 radical (unpaired) electrons. The molecule has 1 fully saturated rings. The van der Waals surface area contributed by atoms with Gasteiger partial charge < -0.3 is 14.8 Å². The van der Waals surface area contributed by atoms with Crippen molar-refractivity contribution in [3.63, 3.8) is 0 Å². The second kappa shape index (κ2) is 10.9. The molecular formula is C24H32N2O3. The van der Waals surface area contributed by atoms with Crippen LogP contribution in [0.1, 0.15) is 43.7 Å². The summed E-state index contributed by atoms with van der Waals surface area (Å²) in [5, 5.41) is 3.02. The summed E-state index contributed by atoms with van der Waals surface area (Å²) in [6.07, 6.45) is 4.00. The van der Waals surface area contributed by atoms with Gasteiger partial charge >= 0.3 is 0 Å². The predicted octanol–water partition coefficient (Wildman–Crippen LogP) is 4.15. The summed E-state index contributed by atoms with van der Waals surface area (Å²) in [5.74, 6) is 1.25. The third-order valence-electron chi connectivity index (χ3n) is 5.30. The van der Waals surface area contributed by atoms with Gasteiger partial charge in [0.05, 0.1) is 7.11 Å². The molecule has 0 spiro atoms. The first kappa shape index (κ1) is 21.2. The SMILES string of the molecule is CC[C@@H](Oc1cccc(OC)c1)C(=O)NCc1cccc(CN2CCCCC2)c1. The number of nitrogens with zero attached hydrogens (tertiary/aromatic N) is 1. The zero-order valence-corrected chi connectivity index (χ0v) is 17.5. The summed E-state index contributed by atoms with van der Waals surface area (Å²) in [6.45, 7) is 5.80. The Balaban J connectivity index is 1.53. The first-order valence-corrected chi connectivity index (χ1v) is 10.6. The highest BCUT2D eigenvalue weighted by Gasteiger charge is 2.18. The van der Waals surface area contributed by atoms with E-state index in [9.17, 15) is 4.79 Å². The Labute approximate surface area is 174 Å². The van der Waals surface area contributed by atoms with Gasteiger partial charge in [0.15, 0.2) is 6.10 Å². The Hall–Kier alpha value is -2.53. The molecule has 5 heteroatoms. The lowest BCUT2D eigenvalue weighted by Gasteiger charge is -2.26. The van der Waals surface area contributed by atoms with Crippen molar-refractivity contribution in [3.05, 3.63) is 59.7 Å². The van der Waals surface area contributed by atoms with Crippen LogP contribution >= 0.6 is 0 Å². The molecule has 0 aliphatic carbocycles. The normalized spacial score (nSPS) is 15.5. The molecule has 0 bridgehead atoms. The number of methoxy groups -OCH3 is 1. The van der Waals surface area contributed by atoms with Gasteiger partial charge in [0.2, 0.25) is 0 Å². The lowest BCUT2D eigenvalue weighted by Crippen LogP contribution is -2.37. The topological polar surface area (TPSA) is 50.8 Å². The fourth-order valence-electron chi connectivity index (χ4n) is 3.68. The molecule has 0 unspecified atom stereocenters. The van der Waals surface area contributed by atoms with Crippen LogP contribution in [0.25, 0.3) is 0 Å². The largest absolute Gasteiger partial charge is 0.497 e. The molecule has 1 heterocycles. The van der Waals surface area contributed by atoms with Crippen LogP contribution < -0.4 is 14.8 Å². The maximum absolute atomic E-state index is 12.6. The van der Waals surface area contributed by atoms with Crippen molar-refractivity contribution in [1.29, 1.82) is 0 Å². The van der Waals surface area contributed by atoms with E-state index in [1.54, 1.807) is 13.2 Å². The number of carbonyl (C=O) groups excluding carboxylic acids is 1. The molecule has 2 aromatic rings. The van der Waals surface area contributed by atoms with Gasteiger partial charge in [0.25, 0.3) is 5.91 Å². The van der Waals surface area contributed by atoms with Crippen molar-refractivity contribution < 1.29 is 14.3 Å². The monoisotopic (exact) mass is 396 g/mol. The smallest absolute Gasteiger partial charge is 0.261 e. The van der Waals surface area contributed by atoms with E-state index in [4.69, 9.17) is 9.47 Å². The molecule has 3 rings (SSSR count). The fraction of sp³-hybridized carbons (Fsp3) is 0.458. The highest BCUT2D eigenvalue weighted by molar-refractivity contribution is 5.81. The van der Waals surface area contributed by atoms with Crippen LogP contribution in [-0.4, -0.2) is 37.1 Å². The van der Waals surface area contributed by atoms with Gasteiger partial charge in [-0.1, -0.05) is 43.7 Å². The number of ether oxygens (including phenoxy) is 2. The third-order valence-corrected chi connectivity index (χ3v) is 5.30. The number of amides is 1. The van der Waals surface area contributed by atoms with E-state index in [1.165, 1.54) is 37.9 Å². The minimum Gasteiger partial charge on any atom is -0.497 e. The van der Waals surface area contributed by atoms with Gasteiger partial charge in [-0.15, -0.1) is 0 Å². The van der Waals surface area contributed by atoms with Gasteiger partial charge in [-0.3, -0.25) is 9.69 Å². The van der Waals surface area contributed by atoms with Crippen LogP contribution in [-0.2, 0) is 17.9 Å². The first-order chi connectivity index (χ1) is 14.2. The van der Waals surface area contributed by atoms with Crippen LogP contribution in [0.5, 0.6) is 11.5 Å². The van der Waals surface area contributed by atoms with E-state index >= 15 is 0 Å². The Kier molecular flexibility index (Phi) is 7.94. The number of nitrogens with one attached hydrogen (secondary N) is 1. The highest BCUT2D eigenvalue weighted by atomic mass is 16.5. The van der Waals surface area contributed by atoms with Gasteiger partial charge in [0, 0.05) is 19.2 Å². The minimum absolute atomic E-state index is 0.100. The maximum Gasteiger partial charge on any atom is 0.261 e. The standard InChI is InChI=1S/C24H32N2O3/c1-3-23(29-22-12-8-11-21(16-22)28-2)24(27)25-17-19-9-7-10-20(15-19)18-26-13-5-4-6-14-26/h7-12,15-16,23H,3-6,13-14,17-18H2,1-2H3,(H,25,27)/t23-/m1/s1. The van der Waals surface area contributed by atoms with E-state index < -0.39 is 6.10 Å². The molecule has 2 aromatic carbocycles. The summed E-state index contributed by atoms with van der Waals surface area (Å²) >= 11 is 0. The van der Waals surface area contributed by atoms with Gasteiger partial charge in [-0.2, -0.15) is 0 Å². The molecule has 0 aromatic heterocycles. The lowest BCUT2D eigenvalue weighted by molar-refractivity contribution is -0.128. The van der Waals surface area contributed by atoms with Crippen LogP contribution in [0.3, 0.4) is 0 Å². The Bertz CT molecular complexity index is 787. The molecule has 0 saturated carbocycles. The molecule has 1 amide bonds. The van der Waals surface area contributed by atoms with Crippen LogP contribution in [0.2, 0.25) is 0 Å². The van der Waals surface area contributed by atoms with Crippen LogP contribution in [0.15, 0.2) is 48.5 Å². The first-order valence-electron chi connectivity index (χ1n) is 10.6. The zero-order valence-electron chi connectivity index (χ0n) is 17.5. The lowest BCUT2D eigenvalue weighted by atomic mass is 10.1. The number of hydrogen-bond donors (Lipinski definition) is 1. The second-order valence-electron chi connectivity index (χ2n) is 7.57. The molecule has 5 nitrogen and oxygen atoms in total. The van der Waals surface area contributed by atoms with Crippen molar-refractivity contribution in [2.75, 3.05) is 20.2 Å². The number of likely N-dealkylation sites (tertiary alicyclic amines) is 1. The zero-order chi connectivity index (χ0) is 20.5. The third kappa shape index (κ3) is 6.50. The summed E-state index contributed by atoms with van der Waals surface area (Å²) in [4.78, 5) is 15.1. The molecule has 1 aliphatic rings. The Morgan fingerprint density at radius 1 is 1.03 bits per heavy atom. The van der Waals surface area contributed by atoms with E-state index in [1.807, 2.05) is 25.1 Å². The predicted molar refractivity (Wildman–Crippen MR) is 115 cm³/mol. The average Bonchev–Trinajstić information content (AvgIpc) is 2.77. The molecule has 1 N–H and O–H groups in total. The molecular weight excluding hydrogens is 364 g/mol. The summed E-state index contributed by atoms with van der Waals surface area (Å²) in [5.41, 5.74) is 2.42. The molecule has 29 heavy (non-hydrogen) atoms. The maximum atomic E-state index is 12.6. The van der Waals surface area contributed by atoms with Crippen molar-refractivity contribution >= 4 is 5.91 Å². The second-order valence-corrected chi connectivity index (χ2v) is 7.57. The number of carbonyl (C=O) groups is 1. The van der Waals surface area contributed by atoms with E-state index in [-0.39, 0.29) is 5.91 Å². The molecule has 1 aliphatic heterocycles. The van der Waals surface area contributed by atoms with Crippen molar-refractivity contribution in [2.24, 2.45) is 0 Å². The quantitative estimate of drug-likeness (QED) is 0.692. The van der Waals surface area contributed by atoms with Crippen molar-refractivity contribution in [2.45, 2.75) is 51.8 Å².